The number of ether oxygens (including phenoxy) is 1. The van der Waals surface area contributed by atoms with Crippen LogP contribution >= 0.6 is 11.9 Å². The predicted octanol–water partition coefficient (Wildman–Crippen LogP) is 6.83. The van der Waals surface area contributed by atoms with Crippen LogP contribution in [0, 0.1) is 0 Å². The number of anilines is 3. The first kappa shape index (κ1) is 25.7. The van der Waals surface area contributed by atoms with Gasteiger partial charge in [-0.05, 0) is 77.7 Å². The molecular weight excluding hydrogens is 484 g/mol. The molecular formula is C29H28N4O3S. The molecule has 0 spiro atoms. The van der Waals surface area contributed by atoms with Crippen LogP contribution in [0.1, 0.15) is 10.4 Å². The van der Waals surface area contributed by atoms with Crippen LogP contribution in [0.15, 0.2) is 102 Å². The lowest BCUT2D eigenvalue weighted by atomic mass is 10.0. The third kappa shape index (κ3) is 6.83. The fraction of sp³-hybridized carbons (Fsp3) is 0.103. The summed E-state index contributed by atoms with van der Waals surface area (Å²) in [5.74, 6) is 0.677. The molecule has 0 aromatic heterocycles. The van der Waals surface area contributed by atoms with E-state index in [1.165, 1.54) is 11.9 Å². The second-order valence-corrected chi connectivity index (χ2v) is 9.22. The number of nitrogens with zero attached hydrogens (tertiary/aromatic N) is 1. The normalized spacial score (nSPS) is 10.4. The molecule has 0 aliphatic carbocycles. The quantitative estimate of drug-likeness (QED) is 0.226. The number of urea groups is 1. The maximum atomic E-state index is 12.4. The topological polar surface area (TPSA) is 82.7 Å². The van der Waals surface area contributed by atoms with Crippen molar-refractivity contribution >= 4 is 40.9 Å². The van der Waals surface area contributed by atoms with Gasteiger partial charge in [0.2, 0.25) is 0 Å². The van der Waals surface area contributed by atoms with E-state index in [1.54, 1.807) is 26.1 Å². The summed E-state index contributed by atoms with van der Waals surface area (Å²) >= 11 is 1.40. The first-order valence-corrected chi connectivity index (χ1v) is 12.4. The third-order valence-corrected chi connectivity index (χ3v) is 6.32. The van der Waals surface area contributed by atoms with Gasteiger partial charge in [0.25, 0.3) is 5.91 Å². The molecule has 0 saturated carbocycles. The second-order valence-electron chi connectivity index (χ2n) is 8.38. The van der Waals surface area contributed by atoms with Crippen LogP contribution in [0.2, 0.25) is 0 Å². The highest BCUT2D eigenvalue weighted by Crippen LogP contribution is 2.35. The minimum absolute atomic E-state index is 0.0439. The van der Waals surface area contributed by atoms with Crippen LogP contribution in [-0.2, 0) is 0 Å². The fourth-order valence-corrected chi connectivity index (χ4v) is 4.41. The Morgan fingerprint density at radius 2 is 1.41 bits per heavy atom. The summed E-state index contributed by atoms with van der Waals surface area (Å²) in [6, 6.07) is 29.9. The lowest BCUT2D eigenvalue weighted by Crippen LogP contribution is -2.21. The average Bonchev–Trinajstić information content (AvgIpc) is 2.92. The van der Waals surface area contributed by atoms with Gasteiger partial charge >= 0.3 is 6.03 Å². The summed E-state index contributed by atoms with van der Waals surface area (Å²) < 4.78 is 8.89. The van der Waals surface area contributed by atoms with Crippen LogP contribution in [0.4, 0.5) is 21.9 Å². The van der Waals surface area contributed by atoms with E-state index in [2.05, 4.69) is 15.4 Å². The van der Waals surface area contributed by atoms with Gasteiger partial charge in [-0.3, -0.25) is 4.79 Å². The molecule has 0 heterocycles. The van der Waals surface area contributed by atoms with Crippen molar-refractivity contribution in [3.8, 4) is 16.9 Å². The first-order valence-electron chi connectivity index (χ1n) is 11.6. The van der Waals surface area contributed by atoms with Crippen molar-refractivity contribution in [2.24, 2.45) is 0 Å². The van der Waals surface area contributed by atoms with E-state index < -0.39 is 0 Å². The molecule has 0 atom stereocenters. The molecule has 7 nitrogen and oxygen atoms in total. The van der Waals surface area contributed by atoms with Crippen LogP contribution in [0.3, 0.4) is 0 Å². The zero-order chi connectivity index (χ0) is 26.2. The van der Waals surface area contributed by atoms with Crippen LogP contribution in [0.5, 0.6) is 5.75 Å². The number of hydrogen-bond donors (Lipinski definition) is 3. The van der Waals surface area contributed by atoms with Crippen molar-refractivity contribution in [2.45, 2.75) is 4.90 Å². The lowest BCUT2D eigenvalue weighted by molar-refractivity contribution is 0.0827. The monoisotopic (exact) mass is 512 g/mol. The van der Waals surface area contributed by atoms with E-state index in [0.29, 0.717) is 16.9 Å². The number of rotatable bonds is 8. The molecule has 0 fully saturated rings. The molecule has 0 bridgehead atoms. The Morgan fingerprint density at radius 1 is 0.730 bits per heavy atom. The Labute approximate surface area is 221 Å². The maximum absolute atomic E-state index is 12.4. The van der Waals surface area contributed by atoms with E-state index >= 15 is 0 Å². The van der Waals surface area contributed by atoms with Gasteiger partial charge in [-0.2, -0.15) is 0 Å². The molecule has 37 heavy (non-hydrogen) atoms. The zero-order valence-corrected chi connectivity index (χ0v) is 21.6. The van der Waals surface area contributed by atoms with Gasteiger partial charge in [0.05, 0.1) is 12.0 Å². The molecule has 3 amide bonds. The van der Waals surface area contributed by atoms with E-state index in [0.717, 1.165) is 27.5 Å². The number of amides is 3. The molecule has 188 valence electrons. The van der Waals surface area contributed by atoms with E-state index in [-0.39, 0.29) is 11.9 Å². The molecule has 3 N–H and O–H groups in total. The summed E-state index contributed by atoms with van der Waals surface area (Å²) in [4.78, 5) is 27.2. The predicted molar refractivity (Wildman–Crippen MR) is 151 cm³/mol. The third-order valence-electron chi connectivity index (χ3n) is 5.44. The van der Waals surface area contributed by atoms with Crippen molar-refractivity contribution in [1.82, 2.24) is 4.90 Å². The molecule has 0 aliphatic heterocycles. The maximum Gasteiger partial charge on any atom is 0.323 e. The number of benzene rings is 4. The summed E-state index contributed by atoms with van der Waals surface area (Å²) in [5, 5.41) is 5.66. The molecule has 0 saturated heterocycles. The minimum Gasteiger partial charge on any atom is -0.496 e. The van der Waals surface area contributed by atoms with Crippen molar-refractivity contribution < 1.29 is 14.3 Å². The second kappa shape index (κ2) is 12.0. The van der Waals surface area contributed by atoms with Gasteiger partial charge in [-0.1, -0.05) is 42.5 Å². The molecule has 8 heteroatoms. The standard InChI is InChI=1S/C29H28N4O3S/c1-33(2)28(34)22-10-7-9-20(17-22)21-15-16-26(36-3)27(18-21)37-32-25-14-8-13-24(19-25)31-29(35)30-23-11-5-4-6-12-23/h4-19,32H,1-3H3,(H2,30,31,35). The Balaban J connectivity index is 1.47. The van der Waals surface area contributed by atoms with Crippen molar-refractivity contribution in [3.63, 3.8) is 0 Å². The highest BCUT2D eigenvalue weighted by atomic mass is 32.2. The number of carbonyl (C=O) groups is 2. The number of carbonyl (C=O) groups excluding carboxylic acids is 2. The average molecular weight is 513 g/mol. The van der Waals surface area contributed by atoms with Crippen molar-refractivity contribution in [3.05, 3.63) is 103 Å². The largest absolute Gasteiger partial charge is 0.496 e. The molecule has 0 unspecified atom stereocenters. The molecule has 4 aromatic rings. The fourth-order valence-electron chi connectivity index (χ4n) is 3.62. The summed E-state index contributed by atoms with van der Waals surface area (Å²) in [6.07, 6.45) is 0. The van der Waals surface area contributed by atoms with E-state index in [9.17, 15) is 9.59 Å². The van der Waals surface area contributed by atoms with Crippen LogP contribution in [-0.4, -0.2) is 38.0 Å². The Hall–Kier alpha value is -4.43. The van der Waals surface area contributed by atoms with Gasteiger partial charge in [-0.15, -0.1) is 0 Å². The minimum atomic E-state index is -0.319. The molecule has 4 aromatic carbocycles. The Bertz CT molecular complexity index is 1390. The number of nitrogens with one attached hydrogen (secondary N) is 3. The summed E-state index contributed by atoms with van der Waals surface area (Å²) in [6.45, 7) is 0. The van der Waals surface area contributed by atoms with Crippen LogP contribution < -0.4 is 20.1 Å². The van der Waals surface area contributed by atoms with Gasteiger partial charge in [0, 0.05) is 36.7 Å². The van der Waals surface area contributed by atoms with Crippen molar-refractivity contribution in [2.75, 3.05) is 36.6 Å². The zero-order valence-electron chi connectivity index (χ0n) is 20.8. The number of hydrogen-bond acceptors (Lipinski definition) is 5. The molecule has 0 aliphatic rings. The van der Waals surface area contributed by atoms with Gasteiger partial charge < -0.3 is 25.0 Å². The van der Waals surface area contributed by atoms with Crippen molar-refractivity contribution in [1.29, 1.82) is 0 Å². The lowest BCUT2D eigenvalue weighted by Gasteiger charge is -2.14. The Kier molecular flexibility index (Phi) is 8.33. The SMILES string of the molecule is COc1ccc(-c2cccc(C(=O)N(C)C)c2)cc1SNc1cccc(NC(=O)Nc2ccccc2)c1. The van der Waals surface area contributed by atoms with Crippen LogP contribution in [0.25, 0.3) is 11.1 Å². The number of para-hydroxylation sites is 1. The van der Waals surface area contributed by atoms with E-state index in [1.807, 2.05) is 97.1 Å². The first-order chi connectivity index (χ1) is 17.9. The smallest absolute Gasteiger partial charge is 0.323 e. The van der Waals surface area contributed by atoms with E-state index in [4.69, 9.17) is 4.74 Å². The summed E-state index contributed by atoms with van der Waals surface area (Å²) in [5.41, 5.74) is 4.72. The molecule has 4 rings (SSSR count). The highest BCUT2D eigenvalue weighted by molar-refractivity contribution is 8.00. The molecule has 0 radical (unpaired) electrons. The van der Waals surface area contributed by atoms with Gasteiger partial charge in [0.1, 0.15) is 5.75 Å². The van der Waals surface area contributed by atoms with Gasteiger partial charge in [-0.25, -0.2) is 4.79 Å². The summed E-state index contributed by atoms with van der Waals surface area (Å²) in [7, 11) is 5.11. The van der Waals surface area contributed by atoms with Gasteiger partial charge in [0.15, 0.2) is 0 Å². The number of methoxy groups -OCH3 is 1. The highest BCUT2D eigenvalue weighted by Gasteiger charge is 2.12. The Morgan fingerprint density at radius 3 is 2.16 bits per heavy atom.